The van der Waals surface area contributed by atoms with E-state index in [4.69, 9.17) is 5.73 Å². The van der Waals surface area contributed by atoms with Crippen LogP contribution in [0.5, 0.6) is 0 Å². The van der Waals surface area contributed by atoms with Crippen LogP contribution in [-0.2, 0) is 12.8 Å². The third-order valence-electron chi connectivity index (χ3n) is 2.75. The second-order valence-electron chi connectivity index (χ2n) is 4.00. The fourth-order valence-corrected chi connectivity index (χ4v) is 1.84. The largest absolute Gasteiger partial charge is 0.369 e. The third-order valence-corrected chi connectivity index (χ3v) is 2.75. The Morgan fingerprint density at radius 3 is 2.59 bits per heavy atom. The Morgan fingerprint density at radius 1 is 1.24 bits per heavy atom. The van der Waals surface area contributed by atoms with Crippen molar-refractivity contribution in [3.63, 3.8) is 0 Å². The van der Waals surface area contributed by atoms with Gasteiger partial charge < -0.3 is 5.73 Å². The van der Waals surface area contributed by atoms with Crippen LogP contribution in [0, 0.1) is 6.92 Å². The highest BCUT2D eigenvalue weighted by atomic mass is 16.1. The summed E-state index contributed by atoms with van der Waals surface area (Å²) in [7, 11) is 0. The van der Waals surface area contributed by atoms with Crippen molar-refractivity contribution in [2.45, 2.75) is 19.8 Å². The number of nitrogens with zero attached hydrogens (tertiary/aromatic N) is 1. The Labute approximate surface area is 99.5 Å². The van der Waals surface area contributed by atoms with Gasteiger partial charge in [0, 0.05) is 11.3 Å². The van der Waals surface area contributed by atoms with Gasteiger partial charge in [-0.05, 0) is 25.3 Å². The van der Waals surface area contributed by atoms with Gasteiger partial charge in [0.1, 0.15) is 0 Å². The zero-order valence-electron chi connectivity index (χ0n) is 9.73. The number of benzene rings is 1. The molecule has 0 aliphatic rings. The first-order chi connectivity index (χ1) is 8.16. The van der Waals surface area contributed by atoms with E-state index in [0.29, 0.717) is 17.7 Å². The number of rotatable bonds is 3. The smallest absolute Gasteiger partial charge is 0.255 e. The molecule has 0 amide bonds. The molecule has 2 rings (SSSR count). The number of aromatic nitrogens is 2. The molecule has 0 spiro atoms. The quantitative estimate of drug-likeness (QED) is 0.836. The molecular weight excluding hydrogens is 214 g/mol. The van der Waals surface area contributed by atoms with Crippen LogP contribution in [0.15, 0.2) is 35.1 Å². The summed E-state index contributed by atoms with van der Waals surface area (Å²) in [6.07, 6.45) is 1.51. The first-order valence-electron chi connectivity index (χ1n) is 5.56. The van der Waals surface area contributed by atoms with Crippen molar-refractivity contribution >= 4 is 5.95 Å². The van der Waals surface area contributed by atoms with Gasteiger partial charge in [-0.2, -0.15) is 0 Å². The molecule has 0 saturated heterocycles. The minimum Gasteiger partial charge on any atom is -0.369 e. The maximum atomic E-state index is 11.7. The number of anilines is 1. The lowest BCUT2D eigenvalue weighted by Gasteiger charge is -2.05. The summed E-state index contributed by atoms with van der Waals surface area (Å²) < 4.78 is 0. The lowest BCUT2D eigenvalue weighted by atomic mass is 10.0. The Bertz CT molecular complexity index is 561. The van der Waals surface area contributed by atoms with Gasteiger partial charge in [0.15, 0.2) is 0 Å². The number of aromatic amines is 1. The highest BCUT2D eigenvalue weighted by Crippen LogP contribution is 2.06. The van der Waals surface area contributed by atoms with Gasteiger partial charge in [0.05, 0.1) is 0 Å². The molecule has 1 aromatic heterocycles. The molecule has 17 heavy (non-hydrogen) atoms. The van der Waals surface area contributed by atoms with Crippen molar-refractivity contribution in [1.29, 1.82) is 0 Å². The van der Waals surface area contributed by atoms with E-state index in [-0.39, 0.29) is 11.5 Å². The van der Waals surface area contributed by atoms with Gasteiger partial charge in [-0.1, -0.05) is 30.3 Å². The predicted molar refractivity (Wildman–Crippen MR) is 67.9 cm³/mol. The highest BCUT2D eigenvalue weighted by Gasteiger charge is 2.06. The highest BCUT2D eigenvalue weighted by molar-refractivity contribution is 5.26. The summed E-state index contributed by atoms with van der Waals surface area (Å²) in [5.41, 5.74) is 7.97. The number of hydrogen-bond acceptors (Lipinski definition) is 3. The molecule has 3 N–H and O–H groups in total. The van der Waals surface area contributed by atoms with Crippen molar-refractivity contribution in [3.8, 4) is 0 Å². The van der Waals surface area contributed by atoms with Crippen molar-refractivity contribution < 1.29 is 0 Å². The minimum atomic E-state index is -0.133. The molecule has 0 radical (unpaired) electrons. The van der Waals surface area contributed by atoms with Gasteiger partial charge >= 0.3 is 0 Å². The van der Waals surface area contributed by atoms with E-state index in [0.717, 1.165) is 6.42 Å². The zero-order valence-corrected chi connectivity index (χ0v) is 9.73. The van der Waals surface area contributed by atoms with E-state index in [1.807, 2.05) is 37.3 Å². The molecule has 0 aliphatic heterocycles. The first kappa shape index (κ1) is 11.4. The zero-order chi connectivity index (χ0) is 12.3. The minimum absolute atomic E-state index is 0.133. The molecule has 0 bridgehead atoms. The fraction of sp³-hybridized carbons (Fsp3) is 0.231. The number of hydrogen-bond donors (Lipinski definition) is 2. The molecule has 88 valence electrons. The number of aryl methyl sites for hydroxylation is 2. The average Bonchev–Trinajstić information content (AvgIpc) is 2.29. The maximum Gasteiger partial charge on any atom is 0.255 e. The Morgan fingerprint density at radius 2 is 1.94 bits per heavy atom. The molecular formula is C13H15N3O. The second kappa shape index (κ2) is 4.82. The normalized spacial score (nSPS) is 10.4. The van der Waals surface area contributed by atoms with E-state index < -0.39 is 0 Å². The van der Waals surface area contributed by atoms with Gasteiger partial charge in [0.25, 0.3) is 5.56 Å². The van der Waals surface area contributed by atoms with E-state index >= 15 is 0 Å². The lowest BCUT2D eigenvalue weighted by molar-refractivity contribution is 0.895. The van der Waals surface area contributed by atoms with Crippen LogP contribution >= 0.6 is 0 Å². The molecule has 4 nitrogen and oxygen atoms in total. The van der Waals surface area contributed by atoms with Crippen LogP contribution in [0.25, 0.3) is 0 Å². The number of H-pyrrole nitrogens is 1. The van der Waals surface area contributed by atoms with Crippen molar-refractivity contribution in [2.24, 2.45) is 0 Å². The van der Waals surface area contributed by atoms with Crippen LogP contribution < -0.4 is 11.3 Å². The van der Waals surface area contributed by atoms with E-state index in [2.05, 4.69) is 9.97 Å². The van der Waals surface area contributed by atoms with Crippen molar-refractivity contribution in [3.05, 3.63) is 57.5 Å². The summed E-state index contributed by atoms with van der Waals surface area (Å²) >= 11 is 0. The van der Waals surface area contributed by atoms with Gasteiger partial charge in [-0.3, -0.25) is 9.78 Å². The molecule has 1 heterocycles. The van der Waals surface area contributed by atoms with Crippen LogP contribution in [0.4, 0.5) is 5.95 Å². The molecule has 4 heteroatoms. The Kier molecular flexibility index (Phi) is 3.23. The van der Waals surface area contributed by atoms with Crippen LogP contribution in [0.3, 0.4) is 0 Å². The van der Waals surface area contributed by atoms with Gasteiger partial charge in [0.2, 0.25) is 5.95 Å². The molecule has 2 aromatic rings. The predicted octanol–water partition coefficient (Wildman–Crippen LogP) is 1.45. The lowest BCUT2D eigenvalue weighted by Crippen LogP contribution is -2.19. The molecule has 1 aromatic carbocycles. The molecule has 0 fully saturated rings. The topological polar surface area (TPSA) is 71.8 Å². The number of nitrogens with two attached hydrogens (primary N) is 1. The monoisotopic (exact) mass is 229 g/mol. The summed E-state index contributed by atoms with van der Waals surface area (Å²) in [5, 5.41) is 0. The average molecular weight is 229 g/mol. The standard InChI is InChI=1S/C13H15N3O/c1-9-11(12(17)16-13(14)15-9)8-7-10-5-3-2-4-6-10/h2-6H,7-8H2,1H3,(H3,14,15,16,17). The SMILES string of the molecule is Cc1nc(N)[nH]c(=O)c1CCc1ccccc1. The number of nitrogens with one attached hydrogen (secondary N) is 1. The Hall–Kier alpha value is -2.10. The fourth-order valence-electron chi connectivity index (χ4n) is 1.84. The van der Waals surface area contributed by atoms with Gasteiger partial charge in [-0.15, -0.1) is 0 Å². The summed E-state index contributed by atoms with van der Waals surface area (Å²) in [5.74, 6) is 0.177. The Balaban J connectivity index is 2.18. The van der Waals surface area contributed by atoms with Crippen molar-refractivity contribution in [2.75, 3.05) is 5.73 Å². The van der Waals surface area contributed by atoms with Crippen LogP contribution in [0.2, 0.25) is 0 Å². The molecule has 0 atom stereocenters. The van der Waals surface area contributed by atoms with Crippen molar-refractivity contribution in [1.82, 2.24) is 9.97 Å². The molecule has 0 saturated carbocycles. The first-order valence-corrected chi connectivity index (χ1v) is 5.56. The van der Waals surface area contributed by atoms with E-state index in [1.54, 1.807) is 0 Å². The van der Waals surface area contributed by atoms with E-state index in [1.165, 1.54) is 5.56 Å². The van der Waals surface area contributed by atoms with Crippen LogP contribution in [0.1, 0.15) is 16.8 Å². The summed E-state index contributed by atoms with van der Waals surface area (Å²) in [6.45, 7) is 1.81. The summed E-state index contributed by atoms with van der Waals surface area (Å²) in [4.78, 5) is 18.3. The van der Waals surface area contributed by atoms with E-state index in [9.17, 15) is 4.79 Å². The van der Waals surface area contributed by atoms with Crippen LogP contribution in [-0.4, -0.2) is 9.97 Å². The molecule has 0 aliphatic carbocycles. The molecule has 0 unspecified atom stereocenters. The second-order valence-corrected chi connectivity index (χ2v) is 4.00. The maximum absolute atomic E-state index is 11.7. The third kappa shape index (κ3) is 2.72. The number of nitrogen functional groups attached to an aromatic ring is 1. The van der Waals surface area contributed by atoms with Gasteiger partial charge in [-0.25, -0.2) is 4.98 Å². The summed E-state index contributed by atoms with van der Waals surface area (Å²) in [6, 6.07) is 10.1.